The number of amides is 2. The zero-order chi connectivity index (χ0) is 12.4. The third-order valence-electron chi connectivity index (χ3n) is 3.01. The van der Waals surface area contributed by atoms with Gasteiger partial charge in [0.25, 0.3) is 0 Å². The fourth-order valence-electron chi connectivity index (χ4n) is 2.05. The SMILES string of the molecule is CN(C(=O)N1CCCC1)c1ccc(Br)cc1N. The molecule has 0 aliphatic carbocycles. The van der Waals surface area contributed by atoms with Crippen LogP contribution in [-0.2, 0) is 0 Å². The van der Waals surface area contributed by atoms with Crippen molar-refractivity contribution in [2.75, 3.05) is 30.8 Å². The number of urea groups is 1. The largest absolute Gasteiger partial charge is 0.397 e. The minimum atomic E-state index is 0.0246. The summed E-state index contributed by atoms with van der Waals surface area (Å²) in [4.78, 5) is 15.6. The van der Waals surface area contributed by atoms with E-state index in [4.69, 9.17) is 5.73 Å². The molecule has 1 heterocycles. The van der Waals surface area contributed by atoms with Gasteiger partial charge in [0.05, 0.1) is 11.4 Å². The van der Waals surface area contributed by atoms with Crippen LogP contribution in [0.15, 0.2) is 22.7 Å². The van der Waals surface area contributed by atoms with Crippen LogP contribution in [0.5, 0.6) is 0 Å². The molecule has 0 saturated carbocycles. The predicted molar refractivity (Wildman–Crippen MR) is 73.2 cm³/mol. The maximum atomic E-state index is 12.2. The van der Waals surface area contributed by atoms with Gasteiger partial charge in [-0.15, -0.1) is 0 Å². The molecule has 1 fully saturated rings. The van der Waals surface area contributed by atoms with Gasteiger partial charge in [-0.3, -0.25) is 4.90 Å². The summed E-state index contributed by atoms with van der Waals surface area (Å²) in [6.45, 7) is 1.69. The molecule has 1 aromatic rings. The summed E-state index contributed by atoms with van der Waals surface area (Å²) < 4.78 is 0.917. The first-order valence-corrected chi connectivity index (χ1v) is 6.46. The molecule has 0 bridgehead atoms. The monoisotopic (exact) mass is 297 g/mol. The van der Waals surface area contributed by atoms with E-state index in [9.17, 15) is 4.79 Å². The van der Waals surface area contributed by atoms with E-state index < -0.39 is 0 Å². The van der Waals surface area contributed by atoms with Crippen LogP contribution in [0, 0.1) is 0 Å². The molecule has 1 saturated heterocycles. The number of hydrogen-bond acceptors (Lipinski definition) is 2. The van der Waals surface area contributed by atoms with E-state index in [2.05, 4.69) is 15.9 Å². The van der Waals surface area contributed by atoms with Gasteiger partial charge in [-0.05, 0) is 31.0 Å². The van der Waals surface area contributed by atoms with E-state index in [1.165, 1.54) is 0 Å². The van der Waals surface area contributed by atoms with Crippen molar-refractivity contribution < 1.29 is 4.79 Å². The molecule has 0 spiro atoms. The molecule has 2 rings (SSSR count). The highest BCUT2D eigenvalue weighted by atomic mass is 79.9. The fraction of sp³-hybridized carbons (Fsp3) is 0.417. The predicted octanol–water partition coefficient (Wildman–Crippen LogP) is 2.68. The first kappa shape index (κ1) is 12.2. The second kappa shape index (κ2) is 4.96. The maximum Gasteiger partial charge on any atom is 0.324 e. The van der Waals surface area contributed by atoms with E-state index in [1.807, 2.05) is 23.1 Å². The zero-order valence-electron chi connectivity index (χ0n) is 9.82. The van der Waals surface area contributed by atoms with Crippen molar-refractivity contribution in [1.29, 1.82) is 0 Å². The number of nitrogen functional groups attached to an aromatic ring is 1. The van der Waals surface area contributed by atoms with Gasteiger partial charge in [0.1, 0.15) is 0 Å². The highest BCUT2D eigenvalue weighted by Gasteiger charge is 2.23. The van der Waals surface area contributed by atoms with E-state index in [0.717, 1.165) is 36.1 Å². The van der Waals surface area contributed by atoms with Crippen LogP contribution in [0.4, 0.5) is 16.2 Å². The zero-order valence-corrected chi connectivity index (χ0v) is 11.4. The third kappa shape index (κ3) is 2.54. The number of halogens is 1. The number of nitrogens with zero attached hydrogens (tertiary/aromatic N) is 2. The van der Waals surface area contributed by atoms with Crippen molar-refractivity contribution in [2.45, 2.75) is 12.8 Å². The molecule has 0 radical (unpaired) electrons. The Morgan fingerprint density at radius 1 is 1.41 bits per heavy atom. The van der Waals surface area contributed by atoms with E-state index in [0.29, 0.717) is 5.69 Å². The molecule has 2 N–H and O–H groups in total. The van der Waals surface area contributed by atoms with Crippen molar-refractivity contribution in [3.63, 3.8) is 0 Å². The Hall–Kier alpha value is -1.23. The lowest BCUT2D eigenvalue weighted by molar-refractivity contribution is 0.217. The molecule has 4 nitrogen and oxygen atoms in total. The van der Waals surface area contributed by atoms with Crippen molar-refractivity contribution in [1.82, 2.24) is 4.90 Å². The Labute approximate surface area is 110 Å². The summed E-state index contributed by atoms with van der Waals surface area (Å²) in [6.07, 6.45) is 2.19. The lowest BCUT2D eigenvalue weighted by atomic mass is 10.2. The average molecular weight is 298 g/mol. The maximum absolute atomic E-state index is 12.2. The Bertz CT molecular complexity index is 430. The number of anilines is 2. The van der Waals surface area contributed by atoms with Gasteiger partial charge in [0.2, 0.25) is 0 Å². The molecule has 0 aromatic heterocycles. The van der Waals surface area contributed by atoms with Gasteiger partial charge >= 0.3 is 6.03 Å². The number of likely N-dealkylation sites (tertiary alicyclic amines) is 1. The molecular weight excluding hydrogens is 282 g/mol. The molecule has 1 aromatic carbocycles. The van der Waals surface area contributed by atoms with E-state index in [-0.39, 0.29) is 6.03 Å². The molecule has 2 amide bonds. The first-order chi connectivity index (χ1) is 8.09. The number of rotatable bonds is 1. The van der Waals surface area contributed by atoms with Crippen LogP contribution >= 0.6 is 15.9 Å². The van der Waals surface area contributed by atoms with Crippen molar-refractivity contribution >= 4 is 33.3 Å². The second-order valence-corrected chi connectivity index (χ2v) is 5.15. The molecule has 1 aliphatic heterocycles. The highest BCUT2D eigenvalue weighted by molar-refractivity contribution is 9.10. The molecule has 92 valence electrons. The summed E-state index contributed by atoms with van der Waals surface area (Å²) in [7, 11) is 1.76. The van der Waals surface area contributed by atoms with Gasteiger partial charge in [0, 0.05) is 24.6 Å². The van der Waals surface area contributed by atoms with Gasteiger partial charge in [-0.25, -0.2) is 4.79 Å². The van der Waals surface area contributed by atoms with Crippen molar-refractivity contribution in [3.05, 3.63) is 22.7 Å². The van der Waals surface area contributed by atoms with Crippen LogP contribution in [-0.4, -0.2) is 31.1 Å². The van der Waals surface area contributed by atoms with E-state index in [1.54, 1.807) is 11.9 Å². The Kier molecular flexibility index (Phi) is 3.57. The van der Waals surface area contributed by atoms with Crippen LogP contribution in [0.1, 0.15) is 12.8 Å². The summed E-state index contributed by atoms with van der Waals surface area (Å²) in [5.41, 5.74) is 7.28. The van der Waals surface area contributed by atoms with Crippen molar-refractivity contribution in [3.8, 4) is 0 Å². The average Bonchev–Trinajstić information content (AvgIpc) is 2.80. The smallest absolute Gasteiger partial charge is 0.324 e. The number of hydrogen-bond donors (Lipinski definition) is 1. The molecule has 5 heteroatoms. The normalized spacial score (nSPS) is 15.1. The van der Waals surface area contributed by atoms with Gasteiger partial charge in [0.15, 0.2) is 0 Å². The van der Waals surface area contributed by atoms with Gasteiger partial charge in [-0.2, -0.15) is 0 Å². The van der Waals surface area contributed by atoms with Crippen LogP contribution in [0.25, 0.3) is 0 Å². The van der Waals surface area contributed by atoms with Gasteiger partial charge < -0.3 is 10.6 Å². The minimum Gasteiger partial charge on any atom is -0.397 e. The number of carbonyl (C=O) groups is 1. The summed E-state index contributed by atoms with van der Waals surface area (Å²) >= 11 is 3.35. The quantitative estimate of drug-likeness (QED) is 0.810. The minimum absolute atomic E-state index is 0.0246. The summed E-state index contributed by atoms with van der Waals surface area (Å²) in [5, 5.41) is 0. The highest BCUT2D eigenvalue weighted by Crippen LogP contribution is 2.27. The number of nitrogens with two attached hydrogens (primary N) is 1. The Balaban J connectivity index is 2.18. The lowest BCUT2D eigenvalue weighted by Crippen LogP contribution is -2.39. The van der Waals surface area contributed by atoms with Crippen LogP contribution in [0.2, 0.25) is 0 Å². The van der Waals surface area contributed by atoms with Crippen LogP contribution in [0.3, 0.4) is 0 Å². The Morgan fingerprint density at radius 2 is 2.06 bits per heavy atom. The summed E-state index contributed by atoms with van der Waals surface area (Å²) in [5.74, 6) is 0. The second-order valence-electron chi connectivity index (χ2n) is 4.24. The first-order valence-electron chi connectivity index (χ1n) is 5.67. The van der Waals surface area contributed by atoms with Gasteiger partial charge in [-0.1, -0.05) is 15.9 Å². The molecular formula is C12H16BrN3O. The molecule has 0 atom stereocenters. The standard InChI is InChI=1S/C12H16BrN3O/c1-15(12(17)16-6-2-3-7-16)11-5-4-9(13)8-10(11)14/h4-5,8H,2-3,6-7,14H2,1H3. The molecule has 0 unspecified atom stereocenters. The lowest BCUT2D eigenvalue weighted by Gasteiger charge is -2.25. The molecule has 17 heavy (non-hydrogen) atoms. The number of benzene rings is 1. The molecule has 1 aliphatic rings. The fourth-order valence-corrected chi connectivity index (χ4v) is 2.43. The summed E-state index contributed by atoms with van der Waals surface area (Å²) in [6, 6.07) is 5.58. The Morgan fingerprint density at radius 3 is 2.65 bits per heavy atom. The topological polar surface area (TPSA) is 49.6 Å². The number of carbonyl (C=O) groups excluding carboxylic acids is 1. The van der Waals surface area contributed by atoms with E-state index >= 15 is 0 Å². The third-order valence-corrected chi connectivity index (χ3v) is 3.51. The van der Waals surface area contributed by atoms with Crippen molar-refractivity contribution in [2.24, 2.45) is 0 Å². The van der Waals surface area contributed by atoms with Crippen LogP contribution < -0.4 is 10.6 Å².